The molecule has 32 heavy (non-hydrogen) atoms. The molecule has 1 aliphatic carbocycles. The molecule has 168 valence electrons. The molecule has 2 aliphatic heterocycles. The third-order valence-corrected chi connectivity index (χ3v) is 6.63. The van der Waals surface area contributed by atoms with Crippen LogP contribution in [-0.2, 0) is 17.9 Å². The van der Waals surface area contributed by atoms with Crippen LogP contribution in [0.15, 0.2) is 30.6 Å². The Kier molecular flexibility index (Phi) is 4.98. The molecule has 8 nitrogen and oxygen atoms in total. The van der Waals surface area contributed by atoms with Gasteiger partial charge in [-0.1, -0.05) is 12.1 Å². The van der Waals surface area contributed by atoms with E-state index in [1.54, 1.807) is 33.4 Å². The fraction of sp³-hybridized carbons (Fsp3) is 0.478. The predicted octanol–water partition coefficient (Wildman–Crippen LogP) is 1.95. The Morgan fingerprint density at radius 3 is 2.53 bits per heavy atom. The minimum atomic E-state index is -1.11. The smallest absolute Gasteiger partial charge is 0.274 e. The third kappa shape index (κ3) is 3.45. The van der Waals surface area contributed by atoms with E-state index < -0.39 is 5.54 Å². The van der Waals surface area contributed by atoms with E-state index in [9.17, 15) is 18.8 Å². The SMILES string of the molecule is C[C@]1(C(=O)NCc2ccc(F)cc2)Cn2cnc(C(=O)N3CCCC3)c2C(=O)N1C1CC1. The van der Waals surface area contributed by atoms with Crippen molar-refractivity contribution in [2.24, 2.45) is 0 Å². The summed E-state index contributed by atoms with van der Waals surface area (Å²) >= 11 is 0. The molecule has 3 heterocycles. The molecule has 0 bridgehead atoms. The molecular formula is C23H26FN5O3. The second-order valence-corrected chi connectivity index (χ2v) is 9.06. The Bertz CT molecular complexity index is 1070. The lowest BCUT2D eigenvalue weighted by atomic mass is 9.93. The highest BCUT2D eigenvalue weighted by atomic mass is 19.1. The number of imidazole rings is 1. The summed E-state index contributed by atoms with van der Waals surface area (Å²) in [7, 11) is 0. The highest BCUT2D eigenvalue weighted by Crippen LogP contribution is 2.39. The Morgan fingerprint density at radius 2 is 1.88 bits per heavy atom. The highest BCUT2D eigenvalue weighted by molar-refractivity contribution is 6.07. The van der Waals surface area contributed by atoms with Gasteiger partial charge in [0.25, 0.3) is 11.8 Å². The van der Waals surface area contributed by atoms with Crippen molar-refractivity contribution in [2.45, 2.75) is 57.3 Å². The van der Waals surface area contributed by atoms with Crippen molar-refractivity contribution in [2.75, 3.05) is 13.1 Å². The van der Waals surface area contributed by atoms with Gasteiger partial charge in [0, 0.05) is 25.7 Å². The number of carbonyl (C=O) groups excluding carboxylic acids is 3. The van der Waals surface area contributed by atoms with Crippen molar-refractivity contribution in [1.82, 2.24) is 24.7 Å². The first-order valence-electron chi connectivity index (χ1n) is 11.1. The first-order chi connectivity index (χ1) is 15.4. The molecule has 1 N–H and O–H groups in total. The summed E-state index contributed by atoms with van der Waals surface area (Å²) in [6.45, 7) is 3.56. The number of carbonyl (C=O) groups is 3. The van der Waals surface area contributed by atoms with Crippen LogP contribution >= 0.6 is 0 Å². The van der Waals surface area contributed by atoms with Crippen molar-refractivity contribution in [1.29, 1.82) is 0 Å². The summed E-state index contributed by atoms with van der Waals surface area (Å²) in [6.07, 6.45) is 5.06. The molecule has 0 unspecified atom stereocenters. The maximum absolute atomic E-state index is 13.6. The van der Waals surface area contributed by atoms with E-state index in [-0.39, 0.29) is 54.1 Å². The predicted molar refractivity (Wildman–Crippen MR) is 113 cm³/mol. The molecule has 0 radical (unpaired) electrons. The van der Waals surface area contributed by atoms with E-state index in [0.29, 0.717) is 13.1 Å². The lowest BCUT2D eigenvalue weighted by molar-refractivity contribution is -0.133. The monoisotopic (exact) mass is 439 g/mol. The van der Waals surface area contributed by atoms with Gasteiger partial charge < -0.3 is 19.7 Å². The summed E-state index contributed by atoms with van der Waals surface area (Å²) in [5.74, 6) is -1.16. The van der Waals surface area contributed by atoms with Crippen LogP contribution in [0.25, 0.3) is 0 Å². The van der Waals surface area contributed by atoms with E-state index in [1.807, 2.05) is 0 Å². The first kappa shape index (κ1) is 20.7. The zero-order chi connectivity index (χ0) is 22.5. The summed E-state index contributed by atoms with van der Waals surface area (Å²) in [5.41, 5.74) is 0.110. The van der Waals surface area contributed by atoms with Crippen molar-refractivity contribution < 1.29 is 18.8 Å². The third-order valence-electron chi connectivity index (χ3n) is 6.63. The second kappa shape index (κ2) is 7.72. The molecule has 5 rings (SSSR count). The van der Waals surface area contributed by atoms with Gasteiger partial charge in [-0.2, -0.15) is 0 Å². The number of nitrogens with one attached hydrogen (secondary N) is 1. The fourth-order valence-corrected chi connectivity index (χ4v) is 4.76. The van der Waals surface area contributed by atoms with Crippen LogP contribution < -0.4 is 5.32 Å². The van der Waals surface area contributed by atoms with Crippen LogP contribution in [0.3, 0.4) is 0 Å². The van der Waals surface area contributed by atoms with E-state index in [1.165, 1.54) is 18.5 Å². The molecule has 0 spiro atoms. The second-order valence-electron chi connectivity index (χ2n) is 9.06. The highest BCUT2D eigenvalue weighted by Gasteiger charge is 2.53. The average Bonchev–Trinajstić information content (AvgIpc) is 3.27. The van der Waals surface area contributed by atoms with E-state index in [0.717, 1.165) is 31.2 Å². The van der Waals surface area contributed by atoms with Gasteiger partial charge in [-0.3, -0.25) is 14.4 Å². The summed E-state index contributed by atoms with van der Waals surface area (Å²) in [6, 6.07) is 5.91. The van der Waals surface area contributed by atoms with Crippen LogP contribution in [0.5, 0.6) is 0 Å². The Hall–Kier alpha value is -3.23. The van der Waals surface area contributed by atoms with Gasteiger partial charge >= 0.3 is 0 Å². The minimum absolute atomic E-state index is 0.0255. The zero-order valence-corrected chi connectivity index (χ0v) is 18.0. The van der Waals surface area contributed by atoms with Crippen LogP contribution in [0, 0.1) is 5.82 Å². The number of likely N-dealkylation sites (tertiary alicyclic amines) is 1. The van der Waals surface area contributed by atoms with E-state index >= 15 is 0 Å². The zero-order valence-electron chi connectivity index (χ0n) is 18.0. The van der Waals surface area contributed by atoms with Crippen LogP contribution in [-0.4, -0.2) is 61.7 Å². The number of hydrogen-bond donors (Lipinski definition) is 1. The first-order valence-corrected chi connectivity index (χ1v) is 11.1. The number of rotatable bonds is 5. The van der Waals surface area contributed by atoms with Crippen molar-refractivity contribution in [3.05, 3.63) is 53.4 Å². The largest absolute Gasteiger partial charge is 0.350 e. The van der Waals surface area contributed by atoms with Crippen molar-refractivity contribution in [3.63, 3.8) is 0 Å². The van der Waals surface area contributed by atoms with E-state index in [2.05, 4.69) is 10.3 Å². The Labute approximate surface area is 185 Å². The van der Waals surface area contributed by atoms with Crippen molar-refractivity contribution >= 4 is 17.7 Å². The molecule has 3 amide bonds. The number of fused-ring (bicyclic) bond motifs is 1. The van der Waals surface area contributed by atoms with Crippen LogP contribution in [0.2, 0.25) is 0 Å². The van der Waals surface area contributed by atoms with Crippen LogP contribution in [0.1, 0.15) is 59.1 Å². The molecule has 2 fully saturated rings. The van der Waals surface area contributed by atoms with Gasteiger partial charge in [0.1, 0.15) is 17.1 Å². The maximum Gasteiger partial charge on any atom is 0.274 e. The number of amides is 3. The van der Waals surface area contributed by atoms with Gasteiger partial charge in [0.15, 0.2) is 5.69 Å². The molecular weight excluding hydrogens is 413 g/mol. The maximum atomic E-state index is 13.6. The standard InChI is InChI=1S/C23H26FN5O3/c1-23(22(32)25-12-15-4-6-16(24)7-5-15)13-28-14-26-18(20(30)27-10-2-3-11-27)19(28)21(31)29(23)17-8-9-17/h4-7,14,17H,2-3,8-13H2,1H3,(H,25,32)/t23-/m1/s1. The van der Waals surface area contributed by atoms with Crippen LogP contribution in [0.4, 0.5) is 4.39 Å². The van der Waals surface area contributed by atoms with E-state index in [4.69, 9.17) is 0 Å². The molecule has 1 saturated heterocycles. The molecule has 2 aromatic rings. The molecule has 9 heteroatoms. The number of aromatic nitrogens is 2. The van der Waals surface area contributed by atoms with Gasteiger partial charge in [-0.15, -0.1) is 0 Å². The summed E-state index contributed by atoms with van der Waals surface area (Å²) < 4.78 is 14.8. The molecule has 1 aromatic carbocycles. The lowest BCUT2D eigenvalue weighted by Crippen LogP contribution is -2.64. The lowest BCUT2D eigenvalue weighted by Gasteiger charge is -2.44. The fourth-order valence-electron chi connectivity index (χ4n) is 4.76. The Balaban J connectivity index is 1.41. The molecule has 1 aromatic heterocycles. The topological polar surface area (TPSA) is 87.5 Å². The average molecular weight is 439 g/mol. The number of benzene rings is 1. The van der Waals surface area contributed by atoms with Gasteiger partial charge in [-0.05, 0) is 50.3 Å². The van der Waals surface area contributed by atoms with Crippen molar-refractivity contribution in [3.8, 4) is 0 Å². The van der Waals surface area contributed by atoms with Gasteiger partial charge in [0.2, 0.25) is 5.91 Å². The van der Waals surface area contributed by atoms with Gasteiger partial charge in [-0.25, -0.2) is 9.37 Å². The molecule has 3 aliphatic rings. The Morgan fingerprint density at radius 1 is 1.19 bits per heavy atom. The summed E-state index contributed by atoms with van der Waals surface area (Å²) in [5, 5.41) is 2.90. The molecule has 1 atom stereocenters. The quantitative estimate of drug-likeness (QED) is 0.772. The van der Waals surface area contributed by atoms with Gasteiger partial charge in [0.05, 0.1) is 12.9 Å². The molecule has 1 saturated carbocycles. The number of nitrogens with zero attached hydrogens (tertiary/aromatic N) is 4. The number of halogens is 1. The summed E-state index contributed by atoms with van der Waals surface area (Å²) in [4.78, 5) is 47.6. The normalized spacial score (nSPS) is 22.8. The minimum Gasteiger partial charge on any atom is -0.350 e. The number of hydrogen-bond acceptors (Lipinski definition) is 4.